The second kappa shape index (κ2) is 5.87. The Kier molecular flexibility index (Phi) is 4.46. The summed E-state index contributed by atoms with van der Waals surface area (Å²) in [6, 6.07) is 4.92. The van der Waals surface area contributed by atoms with Crippen molar-refractivity contribution in [1.82, 2.24) is 5.32 Å². The Morgan fingerprint density at radius 1 is 1.47 bits per heavy atom. The second-order valence-corrected chi connectivity index (χ2v) is 5.55. The fraction of sp³-hybridized carbons (Fsp3) is 0.571. The van der Waals surface area contributed by atoms with Gasteiger partial charge in [0.1, 0.15) is 5.75 Å². The summed E-state index contributed by atoms with van der Waals surface area (Å²) in [7, 11) is 2.04. The van der Waals surface area contributed by atoms with Gasteiger partial charge in [-0.1, -0.05) is 29.3 Å². The molecule has 1 heterocycles. The van der Waals surface area contributed by atoms with Crippen LogP contribution < -0.4 is 10.1 Å². The summed E-state index contributed by atoms with van der Waals surface area (Å²) in [4.78, 5) is 0. The zero-order chi connectivity index (χ0) is 12.3. The predicted octanol–water partition coefficient (Wildman–Crippen LogP) is 3.31. The van der Waals surface area contributed by atoms with Gasteiger partial charge < -0.3 is 10.1 Å². The molecule has 0 aliphatic carbocycles. The van der Waals surface area contributed by atoms with E-state index in [4.69, 9.17) is 4.74 Å². The third kappa shape index (κ3) is 3.02. The van der Waals surface area contributed by atoms with E-state index in [0.717, 1.165) is 25.2 Å². The molecule has 1 N–H and O–H groups in total. The van der Waals surface area contributed by atoms with E-state index in [0.29, 0.717) is 6.04 Å². The number of hydrogen-bond donors (Lipinski definition) is 1. The summed E-state index contributed by atoms with van der Waals surface area (Å²) < 4.78 is 6.93. The van der Waals surface area contributed by atoms with E-state index < -0.39 is 0 Å². The lowest BCUT2D eigenvalue weighted by Gasteiger charge is -2.17. The molecule has 0 radical (unpaired) electrons. The van der Waals surface area contributed by atoms with Crippen molar-refractivity contribution in [2.45, 2.75) is 38.6 Å². The molecule has 0 saturated carbocycles. The molecular formula is C14H20BrNO. The molecule has 0 saturated heterocycles. The van der Waals surface area contributed by atoms with Gasteiger partial charge in [-0.2, -0.15) is 0 Å². The minimum Gasteiger partial charge on any atom is -0.493 e. The van der Waals surface area contributed by atoms with E-state index in [1.165, 1.54) is 28.4 Å². The second-order valence-electron chi connectivity index (χ2n) is 4.63. The zero-order valence-electron chi connectivity index (χ0n) is 10.6. The van der Waals surface area contributed by atoms with E-state index in [1.807, 2.05) is 7.05 Å². The molecule has 1 atom stereocenters. The lowest BCUT2D eigenvalue weighted by atomic mass is 9.99. The van der Waals surface area contributed by atoms with E-state index in [-0.39, 0.29) is 0 Å². The highest BCUT2D eigenvalue weighted by atomic mass is 79.9. The molecule has 1 aromatic carbocycles. The third-order valence-corrected chi connectivity index (χ3v) is 3.79. The zero-order valence-corrected chi connectivity index (χ0v) is 12.1. The molecule has 0 bridgehead atoms. The molecule has 0 aromatic heterocycles. The smallest absolute Gasteiger partial charge is 0.125 e. The van der Waals surface area contributed by atoms with Crippen LogP contribution in [0, 0.1) is 0 Å². The highest BCUT2D eigenvalue weighted by Crippen LogP contribution is 2.33. The normalized spacial score (nSPS) is 15.5. The van der Waals surface area contributed by atoms with Crippen molar-refractivity contribution < 1.29 is 4.74 Å². The maximum atomic E-state index is 5.76. The monoisotopic (exact) mass is 297 g/mol. The van der Waals surface area contributed by atoms with Crippen molar-refractivity contribution in [2.24, 2.45) is 0 Å². The molecule has 94 valence electrons. The van der Waals surface area contributed by atoms with Crippen LogP contribution in [0.5, 0.6) is 5.75 Å². The first-order valence-corrected chi connectivity index (χ1v) is 7.15. The van der Waals surface area contributed by atoms with Crippen LogP contribution in [0.25, 0.3) is 0 Å². The molecule has 2 rings (SSSR count). The number of rotatable bonds is 5. The molecule has 1 aromatic rings. The molecular weight excluding hydrogens is 278 g/mol. The molecule has 1 unspecified atom stereocenters. The number of halogens is 1. The number of fused-ring (bicyclic) bond motifs is 1. The maximum absolute atomic E-state index is 5.76. The SMILES string of the molecule is CCCC(Cc1cc(Br)cc2c1OCC2)NC. The first-order chi connectivity index (χ1) is 8.24. The van der Waals surface area contributed by atoms with Gasteiger partial charge in [0, 0.05) is 16.9 Å². The number of benzene rings is 1. The molecule has 0 spiro atoms. The molecule has 3 heteroatoms. The molecule has 0 amide bonds. The summed E-state index contributed by atoms with van der Waals surface area (Å²) in [5.74, 6) is 1.13. The summed E-state index contributed by atoms with van der Waals surface area (Å²) in [5, 5.41) is 3.39. The Morgan fingerprint density at radius 2 is 2.29 bits per heavy atom. The topological polar surface area (TPSA) is 21.3 Å². The molecule has 1 aliphatic rings. The summed E-state index contributed by atoms with van der Waals surface area (Å²) >= 11 is 3.59. The fourth-order valence-corrected chi connectivity index (χ4v) is 3.01. The first kappa shape index (κ1) is 12.9. The fourth-order valence-electron chi connectivity index (χ4n) is 2.46. The largest absolute Gasteiger partial charge is 0.493 e. The quantitative estimate of drug-likeness (QED) is 0.900. The van der Waals surface area contributed by atoms with Gasteiger partial charge in [0.25, 0.3) is 0 Å². The summed E-state index contributed by atoms with van der Waals surface area (Å²) in [6.45, 7) is 3.06. The van der Waals surface area contributed by atoms with E-state index in [2.05, 4.69) is 40.3 Å². The van der Waals surface area contributed by atoms with Gasteiger partial charge >= 0.3 is 0 Å². The summed E-state index contributed by atoms with van der Waals surface area (Å²) in [5.41, 5.74) is 2.68. The van der Waals surface area contributed by atoms with Gasteiger partial charge in [-0.25, -0.2) is 0 Å². The van der Waals surface area contributed by atoms with Crippen molar-refractivity contribution in [3.63, 3.8) is 0 Å². The van der Waals surface area contributed by atoms with Crippen molar-refractivity contribution in [3.05, 3.63) is 27.7 Å². The summed E-state index contributed by atoms with van der Waals surface area (Å²) in [6.07, 6.45) is 4.51. The highest BCUT2D eigenvalue weighted by Gasteiger charge is 2.19. The Bertz CT molecular complexity index is 392. The lowest BCUT2D eigenvalue weighted by molar-refractivity contribution is 0.351. The molecule has 0 fully saturated rings. The Balaban J connectivity index is 2.20. The van der Waals surface area contributed by atoms with E-state index >= 15 is 0 Å². The third-order valence-electron chi connectivity index (χ3n) is 3.34. The number of ether oxygens (including phenoxy) is 1. The lowest BCUT2D eigenvalue weighted by Crippen LogP contribution is -2.27. The van der Waals surface area contributed by atoms with Crippen LogP contribution in [0.2, 0.25) is 0 Å². The first-order valence-electron chi connectivity index (χ1n) is 6.36. The molecule has 2 nitrogen and oxygen atoms in total. The van der Waals surface area contributed by atoms with Crippen molar-refractivity contribution in [3.8, 4) is 5.75 Å². The predicted molar refractivity (Wildman–Crippen MR) is 74.8 cm³/mol. The van der Waals surface area contributed by atoms with Crippen molar-refractivity contribution in [1.29, 1.82) is 0 Å². The van der Waals surface area contributed by atoms with Crippen LogP contribution in [0.3, 0.4) is 0 Å². The maximum Gasteiger partial charge on any atom is 0.125 e. The van der Waals surface area contributed by atoms with Crippen molar-refractivity contribution >= 4 is 15.9 Å². The standard InChI is InChI=1S/C14H20BrNO/c1-3-4-13(16-2)9-11-8-12(15)7-10-5-6-17-14(10)11/h7-8,13,16H,3-6,9H2,1-2H3. The van der Waals surface area contributed by atoms with Gasteiger partial charge in [-0.3, -0.25) is 0 Å². The minimum atomic E-state index is 0.544. The van der Waals surface area contributed by atoms with Gasteiger partial charge in [0.2, 0.25) is 0 Å². The average molecular weight is 298 g/mol. The van der Waals surface area contributed by atoms with Gasteiger partial charge in [0.15, 0.2) is 0 Å². The van der Waals surface area contributed by atoms with Gasteiger partial charge in [-0.15, -0.1) is 0 Å². The highest BCUT2D eigenvalue weighted by molar-refractivity contribution is 9.10. The average Bonchev–Trinajstić information content (AvgIpc) is 2.76. The molecule has 1 aliphatic heterocycles. The van der Waals surface area contributed by atoms with Crippen LogP contribution >= 0.6 is 15.9 Å². The van der Waals surface area contributed by atoms with Gasteiger partial charge in [0.05, 0.1) is 6.61 Å². The molecule has 17 heavy (non-hydrogen) atoms. The van der Waals surface area contributed by atoms with Crippen LogP contribution in [-0.2, 0) is 12.8 Å². The Labute approximate surface area is 112 Å². The van der Waals surface area contributed by atoms with Gasteiger partial charge in [-0.05, 0) is 43.1 Å². The van der Waals surface area contributed by atoms with Crippen LogP contribution in [0.4, 0.5) is 0 Å². The van der Waals surface area contributed by atoms with Crippen LogP contribution in [0.1, 0.15) is 30.9 Å². The Hall–Kier alpha value is -0.540. The van der Waals surface area contributed by atoms with Crippen molar-refractivity contribution in [2.75, 3.05) is 13.7 Å². The minimum absolute atomic E-state index is 0.544. The number of hydrogen-bond acceptors (Lipinski definition) is 2. The number of likely N-dealkylation sites (N-methyl/N-ethyl adjacent to an activating group) is 1. The van der Waals surface area contributed by atoms with E-state index in [1.54, 1.807) is 0 Å². The Morgan fingerprint density at radius 3 is 3.00 bits per heavy atom. The van der Waals surface area contributed by atoms with Crippen LogP contribution in [-0.4, -0.2) is 19.7 Å². The number of nitrogens with one attached hydrogen (secondary N) is 1. The van der Waals surface area contributed by atoms with Crippen LogP contribution in [0.15, 0.2) is 16.6 Å². The van der Waals surface area contributed by atoms with E-state index in [9.17, 15) is 0 Å².